The lowest BCUT2D eigenvalue weighted by molar-refractivity contribution is 0.418. The van der Waals surface area contributed by atoms with Gasteiger partial charge in [0.1, 0.15) is 22.4 Å². The van der Waals surface area contributed by atoms with Crippen LogP contribution < -0.4 is 10.1 Å². The minimum Gasteiger partial charge on any atom is -0.507 e. The standard InChI is InChI=1S/C14H15ClN2O4S2/c1-21-11-5-8(15)4-9-10(18)6-12(17-14(9)11)23(19,20)13-7-22-3-2-16-13/h4-6,13,16H,2-3,7H2,1H3,(H,17,18). The van der Waals surface area contributed by atoms with Crippen molar-refractivity contribution in [1.29, 1.82) is 0 Å². The molecule has 1 aromatic heterocycles. The third kappa shape index (κ3) is 3.08. The Labute approximate surface area is 143 Å². The van der Waals surface area contributed by atoms with E-state index in [0.29, 0.717) is 28.5 Å². The van der Waals surface area contributed by atoms with Crippen LogP contribution in [0.15, 0.2) is 23.2 Å². The van der Waals surface area contributed by atoms with Gasteiger partial charge in [0.05, 0.1) is 7.11 Å². The number of ether oxygens (including phenoxy) is 1. The maximum Gasteiger partial charge on any atom is 0.212 e. The summed E-state index contributed by atoms with van der Waals surface area (Å²) in [4.78, 5) is 4.21. The van der Waals surface area contributed by atoms with Gasteiger partial charge in [0.25, 0.3) is 0 Å². The first kappa shape index (κ1) is 16.6. The van der Waals surface area contributed by atoms with Crippen LogP contribution in [0.5, 0.6) is 11.5 Å². The van der Waals surface area contributed by atoms with Crippen molar-refractivity contribution in [1.82, 2.24) is 10.3 Å². The molecule has 6 nitrogen and oxygen atoms in total. The molecule has 1 atom stereocenters. The molecule has 9 heteroatoms. The number of hydrogen-bond donors (Lipinski definition) is 2. The molecule has 2 heterocycles. The van der Waals surface area contributed by atoms with Gasteiger partial charge in [-0.25, -0.2) is 13.4 Å². The molecule has 0 aliphatic carbocycles. The van der Waals surface area contributed by atoms with E-state index in [0.717, 1.165) is 11.8 Å². The number of nitrogens with zero attached hydrogens (tertiary/aromatic N) is 1. The molecule has 1 aliphatic rings. The topological polar surface area (TPSA) is 88.5 Å². The average molecular weight is 375 g/mol. The highest BCUT2D eigenvalue weighted by Crippen LogP contribution is 2.35. The lowest BCUT2D eigenvalue weighted by Crippen LogP contribution is -2.43. The number of aromatic hydroxyl groups is 1. The van der Waals surface area contributed by atoms with E-state index in [-0.39, 0.29) is 16.3 Å². The number of benzene rings is 1. The van der Waals surface area contributed by atoms with Crippen LogP contribution in [0.25, 0.3) is 10.9 Å². The first-order valence-electron chi connectivity index (χ1n) is 6.86. The average Bonchev–Trinajstić information content (AvgIpc) is 2.55. The minimum absolute atomic E-state index is 0.178. The fourth-order valence-corrected chi connectivity index (χ4v) is 5.51. The van der Waals surface area contributed by atoms with E-state index in [9.17, 15) is 13.5 Å². The van der Waals surface area contributed by atoms with E-state index >= 15 is 0 Å². The zero-order valence-corrected chi connectivity index (χ0v) is 14.6. The van der Waals surface area contributed by atoms with E-state index in [4.69, 9.17) is 16.3 Å². The summed E-state index contributed by atoms with van der Waals surface area (Å²) in [5.41, 5.74) is 0.263. The Bertz CT molecular complexity index is 851. The molecule has 23 heavy (non-hydrogen) atoms. The van der Waals surface area contributed by atoms with Crippen molar-refractivity contribution in [3.8, 4) is 11.5 Å². The van der Waals surface area contributed by atoms with E-state index in [2.05, 4.69) is 10.3 Å². The van der Waals surface area contributed by atoms with Crippen molar-refractivity contribution in [3.05, 3.63) is 23.2 Å². The van der Waals surface area contributed by atoms with Crippen LogP contribution in [0.3, 0.4) is 0 Å². The van der Waals surface area contributed by atoms with Crippen LogP contribution in [0.4, 0.5) is 0 Å². The summed E-state index contributed by atoms with van der Waals surface area (Å²) >= 11 is 7.54. The van der Waals surface area contributed by atoms with Crippen molar-refractivity contribution in [3.63, 3.8) is 0 Å². The molecule has 0 radical (unpaired) electrons. The highest BCUT2D eigenvalue weighted by molar-refractivity contribution is 8.01. The van der Waals surface area contributed by atoms with Crippen molar-refractivity contribution in [2.45, 2.75) is 10.4 Å². The van der Waals surface area contributed by atoms with Crippen LogP contribution in [0.2, 0.25) is 5.02 Å². The third-order valence-corrected chi connectivity index (χ3v) is 6.94. The minimum atomic E-state index is -3.70. The summed E-state index contributed by atoms with van der Waals surface area (Å²) in [7, 11) is -2.27. The summed E-state index contributed by atoms with van der Waals surface area (Å²) in [6.07, 6.45) is 0. The molecular formula is C14H15ClN2O4S2. The van der Waals surface area contributed by atoms with Crippen molar-refractivity contribution >= 4 is 44.1 Å². The Morgan fingerprint density at radius 1 is 1.43 bits per heavy atom. The quantitative estimate of drug-likeness (QED) is 0.849. The number of pyridine rings is 1. The molecule has 1 aromatic carbocycles. The Balaban J connectivity index is 2.17. The predicted molar refractivity (Wildman–Crippen MR) is 91.3 cm³/mol. The number of sulfone groups is 1. The van der Waals surface area contributed by atoms with Crippen LogP contribution >= 0.6 is 23.4 Å². The Kier molecular flexibility index (Phi) is 4.59. The van der Waals surface area contributed by atoms with Crippen LogP contribution in [-0.4, -0.2) is 49.0 Å². The number of halogens is 1. The number of nitrogens with one attached hydrogen (secondary N) is 1. The van der Waals surface area contributed by atoms with E-state index < -0.39 is 15.2 Å². The number of methoxy groups -OCH3 is 1. The molecule has 0 spiro atoms. The van der Waals surface area contributed by atoms with Crippen molar-refractivity contribution in [2.24, 2.45) is 0 Å². The van der Waals surface area contributed by atoms with Crippen LogP contribution in [-0.2, 0) is 9.84 Å². The molecule has 124 valence electrons. The number of thioether (sulfide) groups is 1. The van der Waals surface area contributed by atoms with Gasteiger partial charge >= 0.3 is 0 Å². The highest BCUT2D eigenvalue weighted by atomic mass is 35.5. The van der Waals surface area contributed by atoms with Gasteiger partial charge in [-0.2, -0.15) is 11.8 Å². The van der Waals surface area contributed by atoms with Crippen LogP contribution in [0.1, 0.15) is 0 Å². The fraction of sp³-hybridized carbons (Fsp3) is 0.357. The number of fused-ring (bicyclic) bond motifs is 1. The first-order valence-corrected chi connectivity index (χ1v) is 9.93. The van der Waals surface area contributed by atoms with Gasteiger partial charge in [0.15, 0.2) is 5.03 Å². The Morgan fingerprint density at radius 3 is 2.87 bits per heavy atom. The van der Waals surface area contributed by atoms with Gasteiger partial charge in [-0.05, 0) is 6.07 Å². The molecule has 0 saturated carbocycles. The molecule has 0 bridgehead atoms. The molecule has 1 aliphatic heterocycles. The van der Waals surface area contributed by atoms with Gasteiger partial charge in [-0.1, -0.05) is 11.6 Å². The SMILES string of the molecule is COc1cc(Cl)cc2c(O)cc(S(=O)(=O)C3CSCCN3)nc12. The molecule has 0 amide bonds. The van der Waals surface area contributed by atoms with E-state index in [1.807, 2.05) is 0 Å². The molecule has 1 fully saturated rings. The zero-order chi connectivity index (χ0) is 16.6. The lowest BCUT2D eigenvalue weighted by Gasteiger charge is -2.23. The molecule has 1 unspecified atom stereocenters. The second-order valence-corrected chi connectivity index (χ2v) is 8.71. The Hall–Kier alpha value is -1.22. The van der Waals surface area contributed by atoms with Crippen LogP contribution in [0, 0.1) is 0 Å². The van der Waals surface area contributed by atoms with Crippen molar-refractivity contribution in [2.75, 3.05) is 25.2 Å². The normalized spacial score (nSPS) is 19.0. The Morgan fingerprint density at radius 2 is 2.22 bits per heavy atom. The van der Waals surface area contributed by atoms with E-state index in [1.165, 1.54) is 19.2 Å². The predicted octanol–water partition coefficient (Wildman–Crippen LogP) is 2.04. The number of aromatic nitrogens is 1. The van der Waals surface area contributed by atoms with E-state index in [1.54, 1.807) is 11.8 Å². The fourth-order valence-electron chi connectivity index (χ4n) is 2.41. The summed E-state index contributed by atoms with van der Waals surface area (Å²) in [5, 5.41) is 13.0. The summed E-state index contributed by atoms with van der Waals surface area (Å²) in [6, 6.07) is 4.21. The summed E-state index contributed by atoms with van der Waals surface area (Å²) in [5.74, 6) is 1.43. The number of hydrogen-bond acceptors (Lipinski definition) is 7. The van der Waals surface area contributed by atoms with Gasteiger partial charge in [0, 0.05) is 40.6 Å². The molecular weight excluding hydrogens is 360 g/mol. The first-order chi connectivity index (χ1) is 10.9. The summed E-state index contributed by atoms with van der Waals surface area (Å²) in [6.45, 7) is 0.618. The highest BCUT2D eigenvalue weighted by Gasteiger charge is 2.31. The smallest absolute Gasteiger partial charge is 0.212 e. The molecule has 3 rings (SSSR count). The maximum atomic E-state index is 12.7. The van der Waals surface area contributed by atoms with Gasteiger partial charge < -0.3 is 9.84 Å². The second-order valence-electron chi connectivity index (χ2n) is 5.05. The second kappa shape index (κ2) is 6.35. The van der Waals surface area contributed by atoms with Gasteiger partial charge in [-0.3, -0.25) is 5.32 Å². The lowest BCUT2D eigenvalue weighted by atomic mass is 10.2. The number of rotatable bonds is 3. The summed E-state index contributed by atoms with van der Waals surface area (Å²) < 4.78 is 30.7. The van der Waals surface area contributed by atoms with Crippen molar-refractivity contribution < 1.29 is 18.3 Å². The monoisotopic (exact) mass is 374 g/mol. The van der Waals surface area contributed by atoms with Gasteiger partial charge in [-0.15, -0.1) is 0 Å². The zero-order valence-electron chi connectivity index (χ0n) is 12.2. The third-order valence-electron chi connectivity index (χ3n) is 3.57. The van der Waals surface area contributed by atoms with Gasteiger partial charge in [0.2, 0.25) is 9.84 Å². The maximum absolute atomic E-state index is 12.7. The largest absolute Gasteiger partial charge is 0.507 e. The molecule has 1 saturated heterocycles. The molecule has 2 N–H and O–H groups in total. The molecule has 2 aromatic rings.